The summed E-state index contributed by atoms with van der Waals surface area (Å²) >= 11 is 0. The van der Waals surface area contributed by atoms with Crippen molar-refractivity contribution in [3.63, 3.8) is 0 Å². The Labute approximate surface area is 188 Å². The molecule has 2 saturated heterocycles. The third-order valence-electron chi connectivity index (χ3n) is 6.34. The van der Waals surface area contributed by atoms with E-state index in [2.05, 4.69) is 58.2 Å². The number of nitrogens with zero attached hydrogens (tertiary/aromatic N) is 4. The third kappa shape index (κ3) is 7.01. The first kappa shape index (κ1) is 23.7. The summed E-state index contributed by atoms with van der Waals surface area (Å²) in [5, 5.41) is 7.10. The van der Waals surface area contributed by atoms with Gasteiger partial charge in [-0.3, -0.25) is 4.99 Å². The number of methoxy groups -OCH3 is 1. The van der Waals surface area contributed by atoms with Gasteiger partial charge in [0.1, 0.15) is 5.75 Å². The second-order valence-electron chi connectivity index (χ2n) is 8.81. The molecule has 0 spiro atoms. The number of ether oxygens (including phenoxy) is 1. The molecule has 2 unspecified atom stereocenters. The second kappa shape index (κ2) is 12.2. The van der Waals surface area contributed by atoms with Gasteiger partial charge in [0, 0.05) is 64.9 Å². The first-order valence-electron chi connectivity index (χ1n) is 12.0. The summed E-state index contributed by atoms with van der Waals surface area (Å²) in [6.45, 7) is 17.5. The summed E-state index contributed by atoms with van der Waals surface area (Å²) in [6.07, 6.45) is 1.10. The molecule has 1 aromatic carbocycles. The zero-order valence-electron chi connectivity index (χ0n) is 19.9. The highest BCUT2D eigenvalue weighted by atomic mass is 16.5. The van der Waals surface area contributed by atoms with Crippen LogP contribution in [0.1, 0.15) is 27.2 Å². The maximum absolute atomic E-state index is 5.55. The van der Waals surface area contributed by atoms with Crippen molar-refractivity contribution in [3.8, 4) is 5.75 Å². The maximum atomic E-state index is 5.55. The molecule has 2 heterocycles. The molecule has 174 valence electrons. The largest absolute Gasteiger partial charge is 0.495 e. The SMILES string of the molecule is CCNC(=NCC(C)CN1CCN(CC)CC1)NC1CCN(c2ccccc2OC)C1. The zero-order valence-corrected chi connectivity index (χ0v) is 19.9. The van der Waals surface area contributed by atoms with Crippen LogP contribution in [-0.4, -0.2) is 94.4 Å². The topological polar surface area (TPSA) is 55.4 Å². The normalized spacial score (nSPS) is 21.9. The molecule has 2 aliphatic rings. The lowest BCUT2D eigenvalue weighted by atomic mass is 10.1. The number of para-hydroxylation sites is 2. The second-order valence-corrected chi connectivity index (χ2v) is 8.81. The zero-order chi connectivity index (χ0) is 22.1. The minimum absolute atomic E-state index is 0.389. The summed E-state index contributed by atoms with van der Waals surface area (Å²) < 4.78 is 5.55. The van der Waals surface area contributed by atoms with Gasteiger partial charge in [-0.25, -0.2) is 0 Å². The number of hydrogen-bond acceptors (Lipinski definition) is 5. The lowest BCUT2D eigenvalue weighted by Crippen LogP contribution is -2.47. The van der Waals surface area contributed by atoms with Crippen LogP contribution < -0.4 is 20.3 Å². The average Bonchev–Trinajstić information content (AvgIpc) is 3.26. The van der Waals surface area contributed by atoms with Gasteiger partial charge in [0.25, 0.3) is 0 Å². The van der Waals surface area contributed by atoms with Crippen molar-refractivity contribution in [3.05, 3.63) is 24.3 Å². The molecule has 0 saturated carbocycles. The van der Waals surface area contributed by atoms with Crippen LogP contribution in [0.4, 0.5) is 5.69 Å². The number of nitrogens with one attached hydrogen (secondary N) is 2. The molecule has 31 heavy (non-hydrogen) atoms. The fourth-order valence-corrected chi connectivity index (χ4v) is 4.54. The molecular formula is C24H42N6O. The summed E-state index contributed by atoms with van der Waals surface area (Å²) in [5.41, 5.74) is 1.17. The van der Waals surface area contributed by atoms with Crippen LogP contribution in [0.2, 0.25) is 0 Å². The van der Waals surface area contributed by atoms with Gasteiger partial charge in [-0.15, -0.1) is 0 Å². The van der Waals surface area contributed by atoms with Crippen molar-refractivity contribution in [1.29, 1.82) is 0 Å². The van der Waals surface area contributed by atoms with E-state index in [1.54, 1.807) is 7.11 Å². The van der Waals surface area contributed by atoms with E-state index in [-0.39, 0.29) is 0 Å². The van der Waals surface area contributed by atoms with Gasteiger partial charge in [0.2, 0.25) is 0 Å². The number of likely N-dealkylation sites (N-methyl/N-ethyl adjacent to an activating group) is 1. The molecule has 2 aliphatic heterocycles. The molecule has 7 heteroatoms. The van der Waals surface area contributed by atoms with E-state index in [0.29, 0.717) is 12.0 Å². The van der Waals surface area contributed by atoms with E-state index in [9.17, 15) is 0 Å². The molecule has 0 aliphatic carbocycles. The fourth-order valence-electron chi connectivity index (χ4n) is 4.54. The number of piperazine rings is 1. The molecule has 0 radical (unpaired) electrons. The average molecular weight is 431 g/mol. The summed E-state index contributed by atoms with van der Waals surface area (Å²) in [6, 6.07) is 8.66. The molecule has 0 bridgehead atoms. The first-order valence-corrected chi connectivity index (χ1v) is 12.0. The van der Waals surface area contributed by atoms with Crippen LogP contribution in [0, 0.1) is 5.92 Å². The van der Waals surface area contributed by atoms with Crippen LogP contribution in [0.15, 0.2) is 29.3 Å². The van der Waals surface area contributed by atoms with Crippen molar-refractivity contribution in [1.82, 2.24) is 20.4 Å². The number of guanidine groups is 1. The Bertz CT molecular complexity index is 688. The molecule has 0 aromatic heterocycles. The van der Waals surface area contributed by atoms with Crippen LogP contribution >= 0.6 is 0 Å². The fraction of sp³-hybridized carbons (Fsp3) is 0.708. The molecule has 3 rings (SSSR count). The van der Waals surface area contributed by atoms with Crippen molar-refractivity contribution in [2.24, 2.45) is 10.9 Å². The minimum atomic E-state index is 0.389. The number of benzene rings is 1. The number of aliphatic imine (C=N–C) groups is 1. The quantitative estimate of drug-likeness (QED) is 0.462. The standard InChI is InChI=1S/C24H42N6O/c1-5-25-24(26-17-20(3)18-29-15-13-28(6-2)14-16-29)27-21-11-12-30(19-21)22-9-7-8-10-23(22)31-4/h7-10,20-21H,5-6,11-19H2,1-4H3,(H2,25,26,27). The Morgan fingerprint density at radius 3 is 2.58 bits per heavy atom. The molecule has 7 nitrogen and oxygen atoms in total. The van der Waals surface area contributed by atoms with E-state index in [0.717, 1.165) is 50.9 Å². The molecule has 2 fully saturated rings. The first-order chi connectivity index (χ1) is 15.1. The van der Waals surface area contributed by atoms with Crippen molar-refractivity contribution in [2.45, 2.75) is 33.2 Å². The molecule has 2 N–H and O–H groups in total. The number of rotatable bonds is 9. The Hall–Kier alpha value is -1.99. The Kier molecular flexibility index (Phi) is 9.28. The Morgan fingerprint density at radius 2 is 1.87 bits per heavy atom. The smallest absolute Gasteiger partial charge is 0.191 e. The summed E-state index contributed by atoms with van der Waals surface area (Å²) in [5.74, 6) is 2.44. The van der Waals surface area contributed by atoms with Crippen LogP contribution in [0.25, 0.3) is 0 Å². The highest BCUT2D eigenvalue weighted by Crippen LogP contribution is 2.30. The lowest BCUT2D eigenvalue weighted by Gasteiger charge is -2.35. The van der Waals surface area contributed by atoms with E-state index in [4.69, 9.17) is 9.73 Å². The van der Waals surface area contributed by atoms with Crippen molar-refractivity contribution < 1.29 is 4.74 Å². The van der Waals surface area contributed by atoms with E-state index >= 15 is 0 Å². The van der Waals surface area contributed by atoms with Gasteiger partial charge in [-0.1, -0.05) is 26.0 Å². The predicted octanol–water partition coefficient (Wildman–Crippen LogP) is 2.10. The molecule has 0 amide bonds. The number of anilines is 1. The van der Waals surface area contributed by atoms with Gasteiger partial charge in [-0.2, -0.15) is 0 Å². The third-order valence-corrected chi connectivity index (χ3v) is 6.34. The number of hydrogen-bond donors (Lipinski definition) is 2. The van der Waals surface area contributed by atoms with Crippen LogP contribution in [0.3, 0.4) is 0 Å². The molecular weight excluding hydrogens is 388 g/mol. The summed E-state index contributed by atoms with van der Waals surface area (Å²) in [4.78, 5) is 12.4. The highest BCUT2D eigenvalue weighted by Gasteiger charge is 2.25. The van der Waals surface area contributed by atoms with Gasteiger partial charge in [-0.05, 0) is 37.9 Å². The monoisotopic (exact) mass is 430 g/mol. The van der Waals surface area contributed by atoms with Crippen LogP contribution in [-0.2, 0) is 0 Å². The minimum Gasteiger partial charge on any atom is -0.495 e. The van der Waals surface area contributed by atoms with Gasteiger partial charge in [0.15, 0.2) is 5.96 Å². The predicted molar refractivity (Wildman–Crippen MR) is 130 cm³/mol. The van der Waals surface area contributed by atoms with E-state index in [1.165, 1.54) is 38.4 Å². The van der Waals surface area contributed by atoms with E-state index in [1.807, 2.05) is 12.1 Å². The van der Waals surface area contributed by atoms with Crippen molar-refractivity contribution in [2.75, 3.05) is 77.5 Å². The molecule has 2 atom stereocenters. The van der Waals surface area contributed by atoms with Crippen molar-refractivity contribution >= 4 is 11.6 Å². The van der Waals surface area contributed by atoms with Gasteiger partial charge >= 0.3 is 0 Å². The van der Waals surface area contributed by atoms with Crippen LogP contribution in [0.5, 0.6) is 5.75 Å². The summed E-state index contributed by atoms with van der Waals surface area (Å²) in [7, 11) is 1.74. The Morgan fingerprint density at radius 1 is 1.13 bits per heavy atom. The Balaban J connectivity index is 1.48. The lowest BCUT2D eigenvalue weighted by molar-refractivity contribution is 0.125. The van der Waals surface area contributed by atoms with E-state index < -0.39 is 0 Å². The maximum Gasteiger partial charge on any atom is 0.191 e. The highest BCUT2D eigenvalue weighted by molar-refractivity contribution is 5.80. The molecule has 1 aromatic rings. The van der Waals surface area contributed by atoms with Gasteiger partial charge in [0.05, 0.1) is 12.8 Å². The van der Waals surface area contributed by atoms with Gasteiger partial charge < -0.3 is 30.1 Å².